The number of β-lactam (4-membered cyclic amide) rings is 2. The number of carbonyl (C=O) groups is 4. The molecule has 6 aliphatic heterocycles. The number of carbonyl (C=O) groups excluding carboxylic acids is 4. The van der Waals surface area contributed by atoms with Gasteiger partial charge in [0, 0.05) is 9.81 Å². The number of fused-ring (bicyclic) bond motifs is 2. The molecule has 19 heteroatoms. The topological polar surface area (TPSA) is 184 Å². The first-order valence-electron chi connectivity index (χ1n) is 14.1. The molecule has 4 saturated heterocycles. The van der Waals surface area contributed by atoms with E-state index in [0.29, 0.717) is 25.7 Å². The van der Waals surface area contributed by atoms with Crippen LogP contribution in [0.15, 0.2) is 21.2 Å². The first kappa shape index (κ1) is 37.8. The van der Waals surface area contributed by atoms with Gasteiger partial charge in [-0.3, -0.25) is 19.4 Å². The Balaban J connectivity index is 0.000000200. The minimum Gasteiger partial charge on any atom is -0.735 e. The molecule has 6 rings (SSSR count). The molecule has 2 amide bonds. The third-order valence-electron chi connectivity index (χ3n) is 8.89. The molecule has 0 saturated carbocycles. The summed E-state index contributed by atoms with van der Waals surface area (Å²) in [6, 6.07) is 0. The Morgan fingerprint density at radius 2 is 1.00 bits per heavy atom. The SMILES string of the molecule is C[C@@H](O)[C@H]1C(=O)N2C(C(=O)[S-])=C(C3CCS(=O)(=O)CC3)S[C@H]12.C[C@@H](O)[C@H]1C(=O)N2C(C(=O)[S-])=C(C3CCS(=O)(=O)CC3)S[C@H]12.[Ca+2]. The van der Waals surface area contributed by atoms with E-state index in [0.717, 1.165) is 9.81 Å². The van der Waals surface area contributed by atoms with Gasteiger partial charge in [0.05, 0.1) is 68.7 Å². The summed E-state index contributed by atoms with van der Waals surface area (Å²) in [5.74, 6) is -1.33. The van der Waals surface area contributed by atoms with Gasteiger partial charge >= 0.3 is 37.7 Å². The Morgan fingerprint density at radius 3 is 1.24 bits per heavy atom. The Hall–Kier alpha value is -0.0203. The fourth-order valence-electron chi connectivity index (χ4n) is 6.48. The normalized spacial score (nSPS) is 31.9. The number of rotatable bonds is 6. The van der Waals surface area contributed by atoms with Gasteiger partial charge in [0.2, 0.25) is 11.8 Å². The van der Waals surface area contributed by atoms with E-state index in [1.807, 2.05) is 0 Å². The zero-order valence-corrected chi connectivity index (χ0v) is 31.6. The second kappa shape index (κ2) is 14.1. The largest absolute Gasteiger partial charge is 2.00 e. The van der Waals surface area contributed by atoms with Crippen molar-refractivity contribution in [2.45, 2.75) is 62.5 Å². The quantitative estimate of drug-likeness (QED) is 0.203. The third-order valence-corrected chi connectivity index (χ3v) is 15.8. The van der Waals surface area contributed by atoms with Gasteiger partial charge in [0.15, 0.2) is 0 Å². The number of hydrogen-bond donors (Lipinski definition) is 2. The van der Waals surface area contributed by atoms with Crippen LogP contribution < -0.4 is 0 Å². The summed E-state index contributed by atoms with van der Waals surface area (Å²) in [7, 11) is -5.99. The van der Waals surface area contributed by atoms with Crippen molar-refractivity contribution in [3.05, 3.63) is 21.2 Å². The molecule has 4 fully saturated rings. The molecule has 2 N–H and O–H groups in total. The molecule has 0 aromatic heterocycles. The van der Waals surface area contributed by atoms with E-state index in [1.165, 1.54) is 33.3 Å². The van der Waals surface area contributed by atoms with Gasteiger partial charge < -0.3 is 45.1 Å². The van der Waals surface area contributed by atoms with E-state index < -0.39 is 53.9 Å². The third kappa shape index (κ3) is 7.17. The Kier molecular flexibility index (Phi) is 11.8. The summed E-state index contributed by atoms with van der Waals surface area (Å²) in [5, 5.41) is 17.7. The zero-order chi connectivity index (χ0) is 32.5. The maximum atomic E-state index is 12.2. The average molecular weight is 765 g/mol. The molecule has 12 nitrogen and oxygen atoms in total. The van der Waals surface area contributed by atoms with Gasteiger partial charge in [-0.15, -0.1) is 23.5 Å². The van der Waals surface area contributed by atoms with Gasteiger partial charge in [0.25, 0.3) is 0 Å². The molecule has 6 aliphatic rings. The molecule has 0 radical (unpaired) electrons. The number of amides is 2. The van der Waals surface area contributed by atoms with Crippen LogP contribution in [0.2, 0.25) is 0 Å². The Bertz CT molecular complexity index is 1430. The van der Waals surface area contributed by atoms with Gasteiger partial charge in [-0.25, -0.2) is 16.8 Å². The van der Waals surface area contributed by atoms with Crippen molar-refractivity contribution in [1.29, 1.82) is 0 Å². The minimum atomic E-state index is -2.99. The number of hydrogen-bond acceptors (Lipinski definition) is 14. The molecule has 0 aromatic carbocycles. The van der Waals surface area contributed by atoms with Crippen LogP contribution in [0.5, 0.6) is 0 Å². The van der Waals surface area contributed by atoms with Crippen molar-refractivity contribution >= 4 is 128 Å². The fourth-order valence-corrected chi connectivity index (χ4v) is 13.6. The molecule has 6 heterocycles. The van der Waals surface area contributed by atoms with Crippen molar-refractivity contribution in [3.8, 4) is 0 Å². The van der Waals surface area contributed by atoms with Crippen molar-refractivity contribution in [2.24, 2.45) is 23.7 Å². The first-order valence-corrected chi connectivity index (χ1v) is 20.3. The molecule has 45 heavy (non-hydrogen) atoms. The van der Waals surface area contributed by atoms with Crippen LogP contribution in [-0.2, 0) is 64.1 Å². The first-order chi connectivity index (χ1) is 20.5. The summed E-state index contributed by atoms with van der Waals surface area (Å²) in [4.78, 5) is 52.2. The van der Waals surface area contributed by atoms with E-state index >= 15 is 0 Å². The molecule has 0 spiro atoms. The van der Waals surface area contributed by atoms with Gasteiger partial charge in [-0.1, -0.05) is 0 Å². The van der Waals surface area contributed by atoms with Crippen LogP contribution in [0.4, 0.5) is 0 Å². The summed E-state index contributed by atoms with van der Waals surface area (Å²) in [6.07, 6.45) is 0.230. The monoisotopic (exact) mass is 764 g/mol. The molecule has 6 atom stereocenters. The van der Waals surface area contributed by atoms with Gasteiger partial charge in [0.1, 0.15) is 30.4 Å². The summed E-state index contributed by atoms with van der Waals surface area (Å²) in [5.41, 5.74) is 0.465. The van der Waals surface area contributed by atoms with Crippen LogP contribution in [0.1, 0.15) is 39.5 Å². The molecule has 0 aliphatic carbocycles. The van der Waals surface area contributed by atoms with Crippen molar-refractivity contribution in [2.75, 3.05) is 23.0 Å². The summed E-state index contributed by atoms with van der Waals surface area (Å²) >= 11 is 12.3. The van der Waals surface area contributed by atoms with Gasteiger partial charge in [-0.05, 0) is 51.4 Å². The molecular formula is C26H32CaN2O10S6. The van der Waals surface area contributed by atoms with E-state index in [9.17, 15) is 46.2 Å². The van der Waals surface area contributed by atoms with Crippen LogP contribution in [0.3, 0.4) is 0 Å². The van der Waals surface area contributed by atoms with Crippen molar-refractivity contribution in [3.63, 3.8) is 0 Å². The Morgan fingerprint density at radius 1 is 0.711 bits per heavy atom. The number of aliphatic hydroxyl groups excluding tert-OH is 2. The maximum Gasteiger partial charge on any atom is 2.00 e. The van der Waals surface area contributed by atoms with Crippen LogP contribution in [0.25, 0.3) is 0 Å². The van der Waals surface area contributed by atoms with Crippen molar-refractivity contribution < 1.29 is 46.2 Å². The second-order valence-corrected chi connectivity index (χ2v) is 19.5. The van der Waals surface area contributed by atoms with E-state index in [2.05, 4.69) is 0 Å². The average Bonchev–Trinajstić information content (AvgIpc) is 3.43. The van der Waals surface area contributed by atoms with E-state index in [4.69, 9.17) is 25.3 Å². The van der Waals surface area contributed by atoms with Crippen molar-refractivity contribution in [1.82, 2.24) is 9.80 Å². The number of nitrogens with zero attached hydrogens (tertiary/aromatic N) is 2. The Labute approximate surface area is 311 Å². The molecular weight excluding hydrogens is 733 g/mol. The minimum absolute atomic E-state index is 0. The van der Waals surface area contributed by atoms with E-state index in [-0.39, 0.29) is 107 Å². The predicted molar refractivity (Wildman–Crippen MR) is 174 cm³/mol. The van der Waals surface area contributed by atoms with Crippen LogP contribution in [0, 0.1) is 23.7 Å². The van der Waals surface area contributed by atoms with Gasteiger partial charge in [-0.2, -0.15) is 0 Å². The van der Waals surface area contributed by atoms with Crippen LogP contribution >= 0.6 is 23.5 Å². The fraction of sp³-hybridized carbons (Fsp3) is 0.692. The summed E-state index contributed by atoms with van der Waals surface area (Å²) in [6.45, 7) is 3.11. The van der Waals surface area contributed by atoms with E-state index in [1.54, 1.807) is 13.8 Å². The number of allylic oxidation sites excluding steroid dienone is 2. The molecule has 0 bridgehead atoms. The molecule has 0 unspecified atom stereocenters. The smallest absolute Gasteiger partial charge is 0.735 e. The number of thioether (sulfide) groups is 2. The molecule has 0 aromatic rings. The number of aliphatic hydroxyl groups is 2. The predicted octanol–water partition coefficient (Wildman–Crippen LogP) is -0.364. The summed E-state index contributed by atoms with van der Waals surface area (Å²) < 4.78 is 46.2. The zero-order valence-electron chi connectivity index (χ0n) is 24.5. The molecule has 244 valence electrons. The maximum absolute atomic E-state index is 12.2. The van der Waals surface area contributed by atoms with Crippen LogP contribution in [-0.4, -0.2) is 143 Å². The number of sulfone groups is 2. The standard InChI is InChI=1S/2C13H17NO5S3.Ca/c2*1-6(15)8-11(16)14-9(13(17)20)10(21-12(8)14)7-2-4-22(18,19)5-3-7;/h2*6-8,12,15H,2-5H2,1H3,(H,17,20);/q;;+2/p-2/t2*6-,8+,12-;/m11./s1. The second-order valence-electron chi connectivity index (χ2n) is 11.8.